The van der Waals surface area contributed by atoms with Crippen LogP contribution in [-0.2, 0) is 19.1 Å². The molecule has 54 heavy (non-hydrogen) atoms. The summed E-state index contributed by atoms with van der Waals surface area (Å²) in [7, 11) is 1.37. The maximum atomic E-state index is 13.8. The standard InChI is InChI=1S/C36H39NO17/c1-14-8-20(11-22(40)26(14)32(44)37-17(4)33(45)46)51-35(48)28-16(3)9-21(52-34(47)27-15(2)7-19(49-6)10-23(27)41)12-24(28)53-36-31(50-18(5)39)30(43)29(42)25(13-38)54-36/h7-12,17,25,29-31,36,38,40-43H,13H2,1-6H3,(H,37,44)(H,45,46). The second-order valence-corrected chi connectivity index (χ2v) is 12.3. The zero-order chi connectivity index (χ0) is 40.2. The number of benzene rings is 3. The average Bonchev–Trinajstić information content (AvgIpc) is 3.06. The highest BCUT2D eigenvalue weighted by atomic mass is 16.7. The van der Waals surface area contributed by atoms with Crippen LogP contribution in [0.2, 0.25) is 0 Å². The van der Waals surface area contributed by atoms with Crippen molar-refractivity contribution in [3.63, 3.8) is 0 Å². The van der Waals surface area contributed by atoms with Crippen molar-refractivity contribution in [3.8, 4) is 34.5 Å². The molecular formula is C36H39NO17. The summed E-state index contributed by atoms with van der Waals surface area (Å²) in [6, 6.07) is 5.85. The van der Waals surface area contributed by atoms with E-state index in [9.17, 15) is 49.5 Å². The number of aliphatic carboxylic acids is 1. The summed E-state index contributed by atoms with van der Waals surface area (Å²) in [4.78, 5) is 62.9. The highest BCUT2D eigenvalue weighted by molar-refractivity contribution is 6.01. The zero-order valence-electron chi connectivity index (χ0n) is 29.8. The first-order valence-electron chi connectivity index (χ1n) is 16.2. The number of aryl methyl sites for hydroxylation is 3. The summed E-state index contributed by atoms with van der Waals surface area (Å²) < 4.78 is 32.9. The first-order valence-corrected chi connectivity index (χ1v) is 16.2. The van der Waals surface area contributed by atoms with Gasteiger partial charge in [0.05, 0.1) is 19.3 Å². The predicted molar refractivity (Wildman–Crippen MR) is 182 cm³/mol. The van der Waals surface area contributed by atoms with Crippen molar-refractivity contribution in [3.05, 3.63) is 69.8 Å². The third-order valence-electron chi connectivity index (χ3n) is 8.23. The normalized spacial score (nSPS) is 19.9. The quantitative estimate of drug-likeness (QED) is 0.102. The van der Waals surface area contributed by atoms with E-state index in [1.807, 2.05) is 0 Å². The molecule has 1 aliphatic rings. The topological polar surface area (TPSA) is 274 Å². The molecule has 18 heteroatoms. The molecule has 4 rings (SSSR count). The summed E-state index contributed by atoms with van der Waals surface area (Å²) in [5, 5.41) is 63.5. The van der Waals surface area contributed by atoms with Crippen LogP contribution in [0.3, 0.4) is 0 Å². The molecule has 6 unspecified atom stereocenters. The van der Waals surface area contributed by atoms with E-state index in [2.05, 4.69) is 5.32 Å². The van der Waals surface area contributed by atoms with Gasteiger partial charge in [-0.1, -0.05) is 0 Å². The summed E-state index contributed by atoms with van der Waals surface area (Å²) in [5.41, 5.74) is -0.391. The number of aliphatic hydroxyl groups is 3. The monoisotopic (exact) mass is 757 g/mol. The number of phenols is 2. The lowest BCUT2D eigenvalue weighted by atomic mass is 9.99. The number of ether oxygens (including phenoxy) is 6. The highest BCUT2D eigenvalue weighted by Gasteiger charge is 2.48. The summed E-state index contributed by atoms with van der Waals surface area (Å²) >= 11 is 0. The smallest absolute Gasteiger partial charge is 0.347 e. The van der Waals surface area contributed by atoms with E-state index in [-0.39, 0.29) is 45.1 Å². The van der Waals surface area contributed by atoms with E-state index in [1.165, 1.54) is 59.1 Å². The van der Waals surface area contributed by atoms with Crippen LogP contribution in [0, 0.1) is 20.8 Å². The van der Waals surface area contributed by atoms with Crippen LogP contribution < -0.4 is 24.3 Å². The number of carbonyl (C=O) groups excluding carboxylic acids is 4. The van der Waals surface area contributed by atoms with E-state index in [4.69, 9.17) is 33.5 Å². The Balaban J connectivity index is 1.76. The Hall–Kier alpha value is -5.95. The van der Waals surface area contributed by atoms with E-state index < -0.39 is 90.4 Å². The molecule has 18 nitrogen and oxygen atoms in total. The Kier molecular flexibility index (Phi) is 12.7. The van der Waals surface area contributed by atoms with Gasteiger partial charge in [0, 0.05) is 25.1 Å². The van der Waals surface area contributed by atoms with Gasteiger partial charge >= 0.3 is 23.9 Å². The summed E-state index contributed by atoms with van der Waals surface area (Å²) in [6.45, 7) is 5.75. The SMILES string of the molecule is COc1cc(C)c(C(=O)Oc2cc(C)c(C(=O)Oc3cc(C)c(C(=O)NC(C)C(=O)O)c(O)c3)c(OC3OC(CO)C(O)C(O)C3OC(C)=O)c2)c(O)c1. The number of phenolic OH excluding ortho intramolecular Hbond substituents is 2. The minimum atomic E-state index is -1.84. The molecule has 0 spiro atoms. The average molecular weight is 758 g/mol. The molecule has 1 saturated heterocycles. The van der Waals surface area contributed by atoms with Crippen LogP contribution in [0.4, 0.5) is 0 Å². The number of esters is 3. The number of methoxy groups -OCH3 is 1. The van der Waals surface area contributed by atoms with Crippen molar-refractivity contribution in [1.29, 1.82) is 0 Å². The number of nitrogens with one attached hydrogen (secondary N) is 1. The fourth-order valence-electron chi connectivity index (χ4n) is 5.59. The van der Waals surface area contributed by atoms with Gasteiger partial charge in [0.15, 0.2) is 6.10 Å². The molecule has 7 N–H and O–H groups in total. The van der Waals surface area contributed by atoms with Gasteiger partial charge in [-0.3, -0.25) is 14.4 Å². The molecule has 0 radical (unpaired) electrons. The van der Waals surface area contributed by atoms with Gasteiger partial charge in [-0.2, -0.15) is 0 Å². The lowest BCUT2D eigenvalue weighted by molar-refractivity contribution is -0.281. The number of aromatic hydroxyl groups is 2. The molecule has 6 atom stereocenters. The van der Waals surface area contributed by atoms with Crippen LogP contribution in [-0.4, -0.2) is 111 Å². The van der Waals surface area contributed by atoms with Gasteiger partial charge < -0.3 is 64.4 Å². The van der Waals surface area contributed by atoms with Gasteiger partial charge in [0.2, 0.25) is 6.29 Å². The number of rotatable bonds is 12. The number of carboxylic acid groups (broad SMARTS) is 1. The number of hydrogen-bond donors (Lipinski definition) is 7. The van der Waals surface area contributed by atoms with Crippen molar-refractivity contribution in [1.82, 2.24) is 5.32 Å². The van der Waals surface area contributed by atoms with Crippen molar-refractivity contribution in [2.24, 2.45) is 0 Å². The Labute approximate surface area is 307 Å². The number of hydrogen-bond acceptors (Lipinski definition) is 16. The van der Waals surface area contributed by atoms with Crippen molar-refractivity contribution in [2.45, 2.75) is 71.4 Å². The third kappa shape index (κ3) is 8.97. The molecule has 1 fully saturated rings. The van der Waals surface area contributed by atoms with Crippen molar-refractivity contribution < 1.29 is 83.0 Å². The second-order valence-electron chi connectivity index (χ2n) is 12.3. The summed E-state index contributed by atoms with van der Waals surface area (Å²) in [5.74, 6) is -7.08. The van der Waals surface area contributed by atoms with Gasteiger partial charge in [-0.15, -0.1) is 0 Å². The predicted octanol–water partition coefficient (Wildman–Crippen LogP) is 1.42. The van der Waals surface area contributed by atoms with Gasteiger partial charge in [-0.05, 0) is 62.6 Å². The van der Waals surface area contributed by atoms with E-state index >= 15 is 0 Å². The fourth-order valence-corrected chi connectivity index (χ4v) is 5.59. The fraction of sp³-hybridized carbons (Fsp3) is 0.361. The molecule has 1 heterocycles. The first kappa shape index (κ1) is 40.8. The first-order chi connectivity index (χ1) is 25.4. The lowest BCUT2D eigenvalue weighted by Gasteiger charge is -2.41. The number of carbonyl (C=O) groups is 5. The Morgan fingerprint density at radius 3 is 1.85 bits per heavy atom. The van der Waals surface area contributed by atoms with Crippen molar-refractivity contribution in [2.75, 3.05) is 13.7 Å². The van der Waals surface area contributed by atoms with E-state index in [1.54, 1.807) is 0 Å². The van der Waals surface area contributed by atoms with Crippen LogP contribution in [0.25, 0.3) is 0 Å². The molecule has 0 saturated carbocycles. The molecule has 1 aliphatic heterocycles. The maximum Gasteiger partial charge on any atom is 0.347 e. The van der Waals surface area contributed by atoms with E-state index in [0.717, 1.165) is 19.1 Å². The van der Waals surface area contributed by atoms with Gasteiger partial charge in [-0.25, -0.2) is 9.59 Å². The molecule has 1 amide bonds. The van der Waals surface area contributed by atoms with Crippen molar-refractivity contribution >= 4 is 29.8 Å². The number of amides is 1. The van der Waals surface area contributed by atoms with Gasteiger partial charge in [0.25, 0.3) is 5.91 Å². The Bertz CT molecular complexity index is 1910. The minimum absolute atomic E-state index is 0.0507. The van der Waals surface area contributed by atoms with Crippen LogP contribution in [0.1, 0.15) is 61.6 Å². The minimum Gasteiger partial charge on any atom is -0.507 e. The number of aliphatic hydroxyl groups excluding tert-OH is 3. The molecule has 290 valence electrons. The van der Waals surface area contributed by atoms with Crippen LogP contribution in [0.5, 0.6) is 34.5 Å². The Morgan fingerprint density at radius 1 is 0.796 bits per heavy atom. The maximum absolute atomic E-state index is 13.8. The molecular weight excluding hydrogens is 718 g/mol. The molecule has 0 aliphatic carbocycles. The Morgan fingerprint density at radius 2 is 1.31 bits per heavy atom. The zero-order valence-corrected chi connectivity index (χ0v) is 29.8. The van der Waals surface area contributed by atoms with E-state index in [0.29, 0.717) is 5.56 Å². The molecule has 3 aromatic rings. The highest BCUT2D eigenvalue weighted by Crippen LogP contribution is 2.36. The largest absolute Gasteiger partial charge is 0.507 e. The molecule has 0 aromatic heterocycles. The lowest BCUT2D eigenvalue weighted by Crippen LogP contribution is -2.61. The molecule has 3 aromatic carbocycles. The third-order valence-corrected chi connectivity index (χ3v) is 8.23. The second kappa shape index (κ2) is 16.8. The number of carboxylic acids is 1. The van der Waals surface area contributed by atoms with Gasteiger partial charge in [0.1, 0.15) is 70.0 Å². The van der Waals surface area contributed by atoms with Crippen LogP contribution >= 0.6 is 0 Å². The molecule has 0 bridgehead atoms. The summed E-state index contributed by atoms with van der Waals surface area (Å²) in [6.07, 6.45) is -8.52. The van der Waals surface area contributed by atoms with Crippen LogP contribution in [0.15, 0.2) is 36.4 Å².